The van der Waals surface area contributed by atoms with Crippen molar-refractivity contribution in [2.24, 2.45) is 11.7 Å². The molecule has 0 radical (unpaired) electrons. The summed E-state index contributed by atoms with van der Waals surface area (Å²) in [5, 5.41) is 0. The topological polar surface area (TPSA) is 29.3 Å². The third-order valence-electron chi connectivity index (χ3n) is 5.32. The molecule has 2 heteroatoms. The molecule has 3 atom stereocenters. The lowest BCUT2D eigenvalue weighted by atomic mass is 9.85. The summed E-state index contributed by atoms with van der Waals surface area (Å²) in [5.74, 6) is 0.985. The fourth-order valence-corrected chi connectivity index (χ4v) is 4.15. The molecule has 0 spiro atoms. The highest BCUT2D eigenvalue weighted by Crippen LogP contribution is 2.36. The molecule has 20 heavy (non-hydrogen) atoms. The second-order valence-electron chi connectivity index (χ2n) is 6.75. The van der Waals surface area contributed by atoms with Crippen LogP contribution in [0.15, 0.2) is 24.3 Å². The molecule has 0 bridgehead atoms. The van der Waals surface area contributed by atoms with Crippen molar-refractivity contribution in [3.8, 4) is 0 Å². The summed E-state index contributed by atoms with van der Waals surface area (Å²) in [6.07, 6.45) is 8.28. The zero-order chi connectivity index (χ0) is 13.9. The minimum absolute atomic E-state index is 0.192. The predicted octanol–water partition coefficient (Wildman–Crippen LogP) is 3.65. The summed E-state index contributed by atoms with van der Waals surface area (Å²) in [6, 6.07) is 9.73. The van der Waals surface area contributed by atoms with E-state index < -0.39 is 0 Å². The first-order chi connectivity index (χ1) is 9.74. The second-order valence-corrected chi connectivity index (χ2v) is 6.75. The molecule has 2 nitrogen and oxygen atoms in total. The first kappa shape index (κ1) is 14.1. The molecule has 1 aliphatic heterocycles. The molecule has 2 fully saturated rings. The van der Waals surface area contributed by atoms with Gasteiger partial charge in [-0.05, 0) is 50.6 Å². The first-order valence-electron chi connectivity index (χ1n) is 8.30. The maximum Gasteiger partial charge on any atom is 0.0307 e. The van der Waals surface area contributed by atoms with Crippen LogP contribution >= 0.6 is 0 Å². The predicted molar refractivity (Wildman–Crippen MR) is 84.7 cm³/mol. The average molecular weight is 272 g/mol. The highest BCUT2D eigenvalue weighted by atomic mass is 15.2. The van der Waals surface area contributed by atoms with Gasteiger partial charge in [0.2, 0.25) is 0 Å². The smallest absolute Gasteiger partial charge is 0.0307 e. The summed E-state index contributed by atoms with van der Waals surface area (Å²) in [4.78, 5) is 2.72. The van der Waals surface area contributed by atoms with Crippen molar-refractivity contribution in [2.45, 2.75) is 57.5 Å². The van der Waals surface area contributed by atoms with E-state index in [-0.39, 0.29) is 6.04 Å². The van der Waals surface area contributed by atoms with E-state index in [0.717, 1.165) is 18.4 Å². The Kier molecular flexibility index (Phi) is 4.42. The Morgan fingerprint density at radius 2 is 2.10 bits per heavy atom. The number of aryl methyl sites for hydroxylation is 1. The van der Waals surface area contributed by atoms with Gasteiger partial charge in [0.25, 0.3) is 0 Å². The van der Waals surface area contributed by atoms with Crippen molar-refractivity contribution in [2.75, 3.05) is 13.1 Å². The van der Waals surface area contributed by atoms with E-state index in [4.69, 9.17) is 5.73 Å². The summed E-state index contributed by atoms with van der Waals surface area (Å²) in [7, 11) is 0. The van der Waals surface area contributed by atoms with Gasteiger partial charge in [0.05, 0.1) is 0 Å². The van der Waals surface area contributed by atoms with Crippen molar-refractivity contribution in [1.82, 2.24) is 4.90 Å². The SMILES string of the molecule is Cc1cccc(C(N)CCN2CCC3CCCCC32)c1. The van der Waals surface area contributed by atoms with Gasteiger partial charge in [0, 0.05) is 18.6 Å². The van der Waals surface area contributed by atoms with E-state index in [2.05, 4.69) is 36.1 Å². The van der Waals surface area contributed by atoms with Gasteiger partial charge in [-0.25, -0.2) is 0 Å². The molecule has 0 amide bonds. The van der Waals surface area contributed by atoms with Gasteiger partial charge >= 0.3 is 0 Å². The van der Waals surface area contributed by atoms with Crippen LogP contribution in [0, 0.1) is 12.8 Å². The Balaban J connectivity index is 1.54. The molecule has 2 aliphatic rings. The average Bonchev–Trinajstić information content (AvgIpc) is 2.88. The molecule has 3 unspecified atom stereocenters. The first-order valence-corrected chi connectivity index (χ1v) is 8.30. The van der Waals surface area contributed by atoms with Gasteiger partial charge < -0.3 is 10.6 Å². The number of fused-ring (bicyclic) bond motifs is 1. The highest BCUT2D eigenvalue weighted by Gasteiger charge is 2.35. The van der Waals surface area contributed by atoms with E-state index in [1.54, 1.807) is 0 Å². The van der Waals surface area contributed by atoms with E-state index >= 15 is 0 Å². The van der Waals surface area contributed by atoms with Crippen LogP contribution in [-0.2, 0) is 0 Å². The number of nitrogens with two attached hydrogens (primary N) is 1. The maximum atomic E-state index is 6.38. The number of benzene rings is 1. The largest absolute Gasteiger partial charge is 0.324 e. The number of hydrogen-bond acceptors (Lipinski definition) is 2. The second kappa shape index (κ2) is 6.28. The number of nitrogens with zero attached hydrogens (tertiary/aromatic N) is 1. The standard InChI is InChI=1S/C18H28N2/c1-14-5-4-7-16(13-14)17(19)10-12-20-11-9-15-6-2-3-8-18(15)20/h4-5,7,13,15,17-18H,2-3,6,8-12,19H2,1H3. The Labute approximate surface area is 123 Å². The quantitative estimate of drug-likeness (QED) is 0.906. The van der Waals surface area contributed by atoms with Gasteiger partial charge in [0.1, 0.15) is 0 Å². The number of hydrogen-bond donors (Lipinski definition) is 1. The highest BCUT2D eigenvalue weighted by molar-refractivity contribution is 5.24. The Morgan fingerprint density at radius 1 is 1.25 bits per heavy atom. The Hall–Kier alpha value is -0.860. The van der Waals surface area contributed by atoms with Crippen LogP contribution in [0.4, 0.5) is 0 Å². The summed E-state index contributed by atoms with van der Waals surface area (Å²) in [6.45, 7) is 4.62. The van der Waals surface area contributed by atoms with Crippen LogP contribution in [-0.4, -0.2) is 24.0 Å². The molecular formula is C18H28N2. The van der Waals surface area contributed by atoms with Gasteiger partial charge in [-0.1, -0.05) is 42.7 Å². The minimum atomic E-state index is 0.192. The lowest BCUT2D eigenvalue weighted by Crippen LogP contribution is -2.36. The van der Waals surface area contributed by atoms with E-state index in [0.29, 0.717) is 0 Å². The zero-order valence-corrected chi connectivity index (χ0v) is 12.7. The molecule has 110 valence electrons. The number of likely N-dealkylation sites (tertiary alicyclic amines) is 1. The van der Waals surface area contributed by atoms with Gasteiger partial charge in [-0.15, -0.1) is 0 Å². The van der Waals surface area contributed by atoms with Crippen molar-refractivity contribution >= 4 is 0 Å². The Bertz CT molecular complexity index is 443. The van der Waals surface area contributed by atoms with Gasteiger partial charge in [0.15, 0.2) is 0 Å². The molecule has 1 aliphatic carbocycles. The molecule has 1 saturated carbocycles. The van der Waals surface area contributed by atoms with Crippen LogP contribution in [0.25, 0.3) is 0 Å². The number of rotatable bonds is 4. The molecule has 1 saturated heterocycles. The van der Waals surface area contributed by atoms with E-state index in [1.165, 1.54) is 56.3 Å². The van der Waals surface area contributed by atoms with Crippen LogP contribution < -0.4 is 5.73 Å². The van der Waals surface area contributed by atoms with Gasteiger partial charge in [-0.2, -0.15) is 0 Å². The molecule has 2 N–H and O–H groups in total. The monoisotopic (exact) mass is 272 g/mol. The third kappa shape index (κ3) is 3.07. The summed E-state index contributed by atoms with van der Waals surface area (Å²) < 4.78 is 0. The van der Waals surface area contributed by atoms with Crippen molar-refractivity contribution in [3.63, 3.8) is 0 Å². The van der Waals surface area contributed by atoms with E-state index in [1.807, 2.05) is 0 Å². The van der Waals surface area contributed by atoms with Crippen molar-refractivity contribution < 1.29 is 0 Å². The van der Waals surface area contributed by atoms with Crippen LogP contribution in [0.5, 0.6) is 0 Å². The summed E-state index contributed by atoms with van der Waals surface area (Å²) in [5.41, 5.74) is 8.99. The van der Waals surface area contributed by atoms with Crippen molar-refractivity contribution in [3.05, 3.63) is 35.4 Å². The van der Waals surface area contributed by atoms with Crippen molar-refractivity contribution in [1.29, 1.82) is 0 Å². The molecule has 1 heterocycles. The third-order valence-corrected chi connectivity index (χ3v) is 5.32. The lowest BCUT2D eigenvalue weighted by molar-refractivity contribution is 0.178. The normalized spacial score (nSPS) is 28.3. The molecule has 0 aromatic heterocycles. The van der Waals surface area contributed by atoms with Crippen LogP contribution in [0.2, 0.25) is 0 Å². The van der Waals surface area contributed by atoms with E-state index in [9.17, 15) is 0 Å². The zero-order valence-electron chi connectivity index (χ0n) is 12.7. The molecule has 1 aromatic rings. The lowest BCUT2D eigenvalue weighted by Gasteiger charge is -2.32. The van der Waals surface area contributed by atoms with Crippen LogP contribution in [0.3, 0.4) is 0 Å². The summed E-state index contributed by atoms with van der Waals surface area (Å²) >= 11 is 0. The maximum absolute atomic E-state index is 6.38. The fourth-order valence-electron chi connectivity index (χ4n) is 4.15. The molecule has 3 rings (SSSR count). The molecule has 1 aromatic carbocycles. The minimum Gasteiger partial charge on any atom is -0.324 e. The van der Waals surface area contributed by atoms with Gasteiger partial charge in [-0.3, -0.25) is 0 Å². The Morgan fingerprint density at radius 3 is 2.95 bits per heavy atom. The fraction of sp³-hybridized carbons (Fsp3) is 0.667. The molecular weight excluding hydrogens is 244 g/mol. The van der Waals surface area contributed by atoms with Crippen LogP contribution in [0.1, 0.15) is 55.7 Å².